The summed E-state index contributed by atoms with van der Waals surface area (Å²) in [5.74, 6) is -0.522. The van der Waals surface area contributed by atoms with Gasteiger partial charge in [0.05, 0.1) is 35.6 Å². The van der Waals surface area contributed by atoms with E-state index in [0.29, 0.717) is 29.5 Å². The standard InChI is InChI=1S/C18H17ClFN5O2/c19-13-3-10(4-21)1-2-14(13)25-17-15(20)18(24-9-23-17)27-16-11-5-22-6-12(16)8-26-7-11/h1-3,9,11-12,16,22H,5-8H2,(H,23,24,25)/t11-,12?,16?/m1/s1. The van der Waals surface area contributed by atoms with Crippen LogP contribution in [-0.2, 0) is 4.74 Å². The lowest BCUT2D eigenvalue weighted by Gasteiger charge is -2.41. The highest BCUT2D eigenvalue weighted by Crippen LogP contribution is 2.32. The van der Waals surface area contributed by atoms with Gasteiger partial charge in [0.25, 0.3) is 5.88 Å². The fourth-order valence-corrected chi connectivity index (χ4v) is 3.64. The Morgan fingerprint density at radius 1 is 1.30 bits per heavy atom. The molecule has 0 spiro atoms. The van der Waals surface area contributed by atoms with Crippen LogP contribution < -0.4 is 15.4 Å². The van der Waals surface area contributed by atoms with Crippen molar-refractivity contribution in [1.82, 2.24) is 15.3 Å². The number of fused-ring (bicyclic) bond motifs is 2. The predicted octanol–water partition coefficient (Wildman–Crippen LogP) is 2.50. The molecule has 0 radical (unpaired) electrons. The van der Waals surface area contributed by atoms with E-state index in [2.05, 4.69) is 20.6 Å². The first-order valence-corrected chi connectivity index (χ1v) is 8.96. The van der Waals surface area contributed by atoms with Crippen LogP contribution in [0.25, 0.3) is 0 Å². The zero-order valence-electron chi connectivity index (χ0n) is 14.3. The highest BCUT2D eigenvalue weighted by molar-refractivity contribution is 6.33. The molecule has 3 heterocycles. The van der Waals surface area contributed by atoms with Crippen LogP contribution in [-0.4, -0.2) is 42.4 Å². The van der Waals surface area contributed by atoms with Gasteiger partial charge in [0.2, 0.25) is 5.82 Å². The van der Waals surface area contributed by atoms with E-state index in [4.69, 9.17) is 26.3 Å². The molecule has 4 rings (SSSR count). The Labute approximate surface area is 160 Å². The van der Waals surface area contributed by atoms with Gasteiger partial charge in [-0.3, -0.25) is 0 Å². The van der Waals surface area contributed by atoms with Gasteiger partial charge in [-0.1, -0.05) is 11.6 Å². The summed E-state index contributed by atoms with van der Waals surface area (Å²) < 4.78 is 26.4. The number of nitrogens with zero attached hydrogens (tertiary/aromatic N) is 3. The lowest BCUT2D eigenvalue weighted by atomic mass is 9.86. The van der Waals surface area contributed by atoms with E-state index in [1.54, 1.807) is 12.1 Å². The zero-order chi connectivity index (χ0) is 18.8. The number of nitrogens with one attached hydrogen (secondary N) is 2. The molecule has 2 aliphatic rings. The molecular weight excluding hydrogens is 373 g/mol. The number of benzene rings is 1. The van der Waals surface area contributed by atoms with Crippen molar-refractivity contribution in [2.24, 2.45) is 11.8 Å². The predicted molar refractivity (Wildman–Crippen MR) is 96.5 cm³/mol. The number of halogens is 2. The third-order valence-corrected chi connectivity index (χ3v) is 5.08. The summed E-state index contributed by atoms with van der Waals surface area (Å²) >= 11 is 6.14. The molecule has 2 N–H and O–H groups in total. The Morgan fingerprint density at radius 2 is 2.07 bits per heavy atom. The van der Waals surface area contributed by atoms with Crippen molar-refractivity contribution in [3.05, 3.63) is 40.9 Å². The molecule has 2 aliphatic heterocycles. The highest BCUT2D eigenvalue weighted by Gasteiger charge is 2.39. The Bertz CT molecular complexity index is 869. The summed E-state index contributed by atoms with van der Waals surface area (Å²) in [6, 6.07) is 6.67. The van der Waals surface area contributed by atoms with Crippen LogP contribution in [0.4, 0.5) is 15.9 Å². The van der Waals surface area contributed by atoms with Crippen LogP contribution in [0, 0.1) is 29.0 Å². The van der Waals surface area contributed by atoms with Crippen LogP contribution in [0.5, 0.6) is 5.88 Å². The van der Waals surface area contributed by atoms with Crippen molar-refractivity contribution >= 4 is 23.1 Å². The molecule has 1 aromatic carbocycles. The Morgan fingerprint density at radius 3 is 2.78 bits per heavy atom. The number of hydrogen-bond acceptors (Lipinski definition) is 7. The van der Waals surface area contributed by atoms with Gasteiger partial charge < -0.3 is 20.1 Å². The minimum Gasteiger partial charge on any atom is -0.471 e. The second-order valence-corrected chi connectivity index (χ2v) is 6.98. The van der Waals surface area contributed by atoms with E-state index in [-0.39, 0.29) is 29.6 Å². The lowest BCUT2D eigenvalue weighted by molar-refractivity contribution is -0.0845. The van der Waals surface area contributed by atoms with Crippen molar-refractivity contribution in [3.8, 4) is 11.9 Å². The molecule has 2 unspecified atom stereocenters. The van der Waals surface area contributed by atoms with E-state index >= 15 is 0 Å². The normalized spacial score (nSPS) is 24.1. The van der Waals surface area contributed by atoms with Gasteiger partial charge in [-0.2, -0.15) is 14.6 Å². The molecule has 3 atom stereocenters. The number of aromatic nitrogens is 2. The smallest absolute Gasteiger partial charge is 0.256 e. The lowest BCUT2D eigenvalue weighted by Crippen LogP contribution is -2.56. The third-order valence-electron chi connectivity index (χ3n) is 4.76. The topological polar surface area (TPSA) is 92.1 Å². The highest BCUT2D eigenvalue weighted by atomic mass is 35.5. The van der Waals surface area contributed by atoms with Gasteiger partial charge in [-0.15, -0.1) is 0 Å². The maximum atomic E-state index is 14.9. The van der Waals surface area contributed by atoms with Crippen molar-refractivity contribution in [3.63, 3.8) is 0 Å². The van der Waals surface area contributed by atoms with Gasteiger partial charge in [0, 0.05) is 24.9 Å². The summed E-state index contributed by atoms with van der Waals surface area (Å²) in [4.78, 5) is 7.91. The molecule has 2 saturated heterocycles. The molecule has 2 fully saturated rings. The molecule has 0 aliphatic carbocycles. The molecule has 27 heavy (non-hydrogen) atoms. The first kappa shape index (κ1) is 17.9. The van der Waals surface area contributed by atoms with Crippen LogP contribution in [0.2, 0.25) is 5.02 Å². The van der Waals surface area contributed by atoms with Gasteiger partial charge >= 0.3 is 0 Å². The summed E-state index contributed by atoms with van der Waals surface area (Å²) in [7, 11) is 0. The fraction of sp³-hybridized carbons (Fsp3) is 0.389. The van der Waals surface area contributed by atoms with E-state index < -0.39 is 5.82 Å². The zero-order valence-corrected chi connectivity index (χ0v) is 15.0. The number of hydrogen-bond donors (Lipinski definition) is 2. The number of piperidine rings is 1. The molecule has 2 bridgehead atoms. The van der Waals surface area contributed by atoms with Crippen LogP contribution in [0.1, 0.15) is 5.56 Å². The Hall–Kier alpha value is -2.47. The summed E-state index contributed by atoms with van der Waals surface area (Å²) in [5.41, 5.74) is 0.851. The fourth-order valence-electron chi connectivity index (χ4n) is 3.41. The number of nitriles is 1. The van der Waals surface area contributed by atoms with Crippen molar-refractivity contribution in [2.75, 3.05) is 31.6 Å². The number of anilines is 2. The molecule has 140 valence electrons. The quantitative estimate of drug-likeness (QED) is 0.829. The van der Waals surface area contributed by atoms with E-state index in [1.807, 2.05) is 6.07 Å². The van der Waals surface area contributed by atoms with Gasteiger partial charge in [-0.25, -0.2) is 4.98 Å². The monoisotopic (exact) mass is 389 g/mol. The van der Waals surface area contributed by atoms with E-state index in [1.165, 1.54) is 12.4 Å². The van der Waals surface area contributed by atoms with Crippen LogP contribution >= 0.6 is 11.6 Å². The van der Waals surface area contributed by atoms with Crippen molar-refractivity contribution in [2.45, 2.75) is 6.10 Å². The van der Waals surface area contributed by atoms with Gasteiger partial charge in [0.15, 0.2) is 5.82 Å². The first-order chi connectivity index (χ1) is 13.2. The average molecular weight is 390 g/mol. The van der Waals surface area contributed by atoms with Crippen LogP contribution in [0.3, 0.4) is 0 Å². The largest absolute Gasteiger partial charge is 0.471 e. The molecule has 9 heteroatoms. The van der Waals surface area contributed by atoms with Crippen molar-refractivity contribution < 1.29 is 13.9 Å². The molecule has 0 saturated carbocycles. The van der Waals surface area contributed by atoms with E-state index in [9.17, 15) is 4.39 Å². The minimum atomic E-state index is -0.685. The minimum absolute atomic E-state index is 0.0399. The second-order valence-electron chi connectivity index (χ2n) is 6.57. The second kappa shape index (κ2) is 7.64. The third kappa shape index (κ3) is 3.67. The SMILES string of the molecule is N#Cc1ccc(Nc2ncnc(OC3C4CNC[C@@H]3COC4)c2F)c(Cl)c1. The molecule has 2 aromatic rings. The maximum absolute atomic E-state index is 14.9. The van der Waals surface area contributed by atoms with Crippen molar-refractivity contribution in [1.29, 1.82) is 5.26 Å². The summed E-state index contributed by atoms with van der Waals surface area (Å²) in [6.45, 7) is 2.68. The molecular formula is C18H17ClFN5O2. The first-order valence-electron chi connectivity index (χ1n) is 8.58. The Balaban J connectivity index is 1.55. The maximum Gasteiger partial charge on any atom is 0.256 e. The Kier molecular flexibility index (Phi) is 5.07. The summed E-state index contributed by atoms with van der Waals surface area (Å²) in [5, 5.41) is 15.4. The molecule has 0 amide bonds. The van der Waals surface area contributed by atoms with E-state index in [0.717, 1.165) is 13.1 Å². The van der Waals surface area contributed by atoms with Gasteiger partial charge in [-0.05, 0) is 18.2 Å². The van der Waals surface area contributed by atoms with Crippen LogP contribution in [0.15, 0.2) is 24.5 Å². The molecule has 1 aromatic heterocycles. The van der Waals surface area contributed by atoms with Gasteiger partial charge in [0.1, 0.15) is 12.4 Å². The summed E-state index contributed by atoms with van der Waals surface area (Å²) in [6.07, 6.45) is 1.09. The molecule has 7 nitrogen and oxygen atoms in total. The number of rotatable bonds is 4. The number of ether oxygens (including phenoxy) is 2. The average Bonchev–Trinajstić information content (AvgIpc) is 2.66.